The van der Waals surface area contributed by atoms with E-state index in [0.29, 0.717) is 22.5 Å². The van der Waals surface area contributed by atoms with Gasteiger partial charge in [0.25, 0.3) is 0 Å². The maximum absolute atomic E-state index is 11.8. The second-order valence-electron chi connectivity index (χ2n) is 6.42. The molecule has 0 aromatic heterocycles. The van der Waals surface area contributed by atoms with Crippen LogP contribution in [0.25, 0.3) is 0 Å². The number of amides is 1. The van der Waals surface area contributed by atoms with Crippen LogP contribution in [0, 0.1) is 5.41 Å². The molecule has 1 aromatic rings. The monoisotopic (exact) mass is 386 g/mol. The first-order valence-corrected chi connectivity index (χ1v) is 9.24. The number of aryl methyl sites for hydroxylation is 1. The van der Waals surface area contributed by atoms with Gasteiger partial charge in [-0.1, -0.05) is 29.3 Å². The molecule has 0 unspecified atom stereocenters. The number of hydrogen-bond donors (Lipinski definition) is 3. The highest BCUT2D eigenvalue weighted by molar-refractivity contribution is 6.35. The lowest BCUT2D eigenvalue weighted by molar-refractivity contribution is -0.128. The van der Waals surface area contributed by atoms with Crippen LogP contribution in [0.2, 0.25) is 10.0 Å². The number of nitrogens with zero attached hydrogens (tertiary/aromatic N) is 1. The van der Waals surface area contributed by atoms with Gasteiger partial charge in [0.2, 0.25) is 5.91 Å². The van der Waals surface area contributed by atoms with Crippen LogP contribution < -0.4 is 16.0 Å². The molecule has 0 saturated heterocycles. The number of nitrogens with one attached hydrogen (secondary N) is 3. The predicted molar refractivity (Wildman–Crippen MR) is 107 cm³/mol. The highest BCUT2D eigenvalue weighted by atomic mass is 35.5. The van der Waals surface area contributed by atoms with E-state index >= 15 is 0 Å². The fourth-order valence-electron chi connectivity index (χ4n) is 2.24. The van der Waals surface area contributed by atoms with Crippen molar-refractivity contribution in [3.05, 3.63) is 33.8 Å². The third kappa shape index (κ3) is 7.53. The van der Waals surface area contributed by atoms with Crippen molar-refractivity contribution in [2.45, 2.75) is 33.6 Å². The lowest BCUT2D eigenvalue weighted by Crippen LogP contribution is -2.41. The summed E-state index contributed by atoms with van der Waals surface area (Å²) in [5, 5.41) is 10.5. The Morgan fingerprint density at radius 1 is 1.24 bits per heavy atom. The normalized spacial score (nSPS) is 12.0. The molecular weight excluding hydrogens is 359 g/mol. The molecule has 0 bridgehead atoms. The average Bonchev–Trinajstić information content (AvgIpc) is 2.57. The maximum Gasteiger partial charge on any atom is 0.227 e. The Balaban J connectivity index is 2.52. The van der Waals surface area contributed by atoms with E-state index in [1.807, 2.05) is 32.9 Å². The average molecular weight is 387 g/mol. The van der Waals surface area contributed by atoms with Gasteiger partial charge in [-0.2, -0.15) is 0 Å². The van der Waals surface area contributed by atoms with Gasteiger partial charge in [-0.15, -0.1) is 0 Å². The fraction of sp³-hybridized carbons (Fsp3) is 0.556. The van der Waals surface area contributed by atoms with Gasteiger partial charge in [-0.05, 0) is 51.3 Å². The summed E-state index contributed by atoms with van der Waals surface area (Å²) >= 11 is 12.1. The number of halogens is 2. The standard InChI is InChI=1S/C18H28Cl2N4O/c1-5-22-17(24-12-18(2,3)16(25)21-4)23-10-6-7-13-8-9-14(19)11-15(13)20/h8-9,11H,5-7,10,12H2,1-4H3,(H,21,25)(H2,22,23,24). The number of guanidine groups is 1. The summed E-state index contributed by atoms with van der Waals surface area (Å²) in [6.07, 6.45) is 1.76. The van der Waals surface area contributed by atoms with Crippen LogP contribution in [0.4, 0.5) is 0 Å². The number of benzene rings is 1. The lowest BCUT2D eigenvalue weighted by Gasteiger charge is -2.21. The zero-order chi connectivity index (χ0) is 18.9. The molecule has 0 aliphatic rings. The van der Waals surface area contributed by atoms with Crippen LogP contribution in [0.5, 0.6) is 0 Å². The molecule has 0 saturated carbocycles. The number of rotatable bonds is 8. The molecule has 5 nitrogen and oxygen atoms in total. The first-order valence-electron chi connectivity index (χ1n) is 8.48. The fourth-order valence-corrected chi connectivity index (χ4v) is 2.74. The number of carbonyl (C=O) groups excluding carboxylic acids is 1. The SMILES string of the molecule is CCNC(=NCC(C)(C)C(=O)NC)NCCCc1ccc(Cl)cc1Cl. The topological polar surface area (TPSA) is 65.5 Å². The zero-order valence-electron chi connectivity index (χ0n) is 15.4. The van der Waals surface area contributed by atoms with Crippen molar-refractivity contribution in [2.24, 2.45) is 10.4 Å². The minimum absolute atomic E-state index is 0.0236. The second-order valence-corrected chi connectivity index (χ2v) is 7.27. The second kappa shape index (κ2) is 10.5. The van der Waals surface area contributed by atoms with E-state index in [0.717, 1.165) is 31.5 Å². The molecule has 0 heterocycles. The van der Waals surface area contributed by atoms with E-state index < -0.39 is 5.41 Å². The Kier molecular flexibility index (Phi) is 9.08. The van der Waals surface area contributed by atoms with Crippen molar-refractivity contribution < 1.29 is 4.79 Å². The van der Waals surface area contributed by atoms with Gasteiger partial charge in [0.15, 0.2) is 5.96 Å². The Labute approximate surface area is 160 Å². The smallest absolute Gasteiger partial charge is 0.227 e. The van der Waals surface area contributed by atoms with E-state index in [4.69, 9.17) is 23.2 Å². The molecule has 1 aromatic carbocycles. The molecule has 1 amide bonds. The quantitative estimate of drug-likeness (QED) is 0.365. The largest absolute Gasteiger partial charge is 0.359 e. The molecule has 140 valence electrons. The van der Waals surface area contributed by atoms with Crippen LogP contribution in [0.1, 0.15) is 32.8 Å². The van der Waals surface area contributed by atoms with Crippen LogP contribution in [-0.2, 0) is 11.2 Å². The summed E-state index contributed by atoms with van der Waals surface area (Å²) in [4.78, 5) is 16.4. The van der Waals surface area contributed by atoms with E-state index in [2.05, 4.69) is 20.9 Å². The Morgan fingerprint density at radius 3 is 2.56 bits per heavy atom. The molecule has 25 heavy (non-hydrogen) atoms. The van der Waals surface area contributed by atoms with Gasteiger partial charge in [-0.25, -0.2) is 0 Å². The number of aliphatic imine (C=N–C) groups is 1. The van der Waals surface area contributed by atoms with Gasteiger partial charge < -0.3 is 16.0 Å². The van der Waals surface area contributed by atoms with Crippen LogP contribution in [-0.4, -0.2) is 38.5 Å². The minimum Gasteiger partial charge on any atom is -0.359 e. The van der Waals surface area contributed by atoms with Crippen molar-refractivity contribution in [1.29, 1.82) is 0 Å². The van der Waals surface area contributed by atoms with Crippen molar-refractivity contribution in [3.8, 4) is 0 Å². The molecular formula is C18H28Cl2N4O. The Morgan fingerprint density at radius 2 is 1.96 bits per heavy atom. The van der Waals surface area contributed by atoms with Crippen molar-refractivity contribution in [1.82, 2.24) is 16.0 Å². The summed E-state index contributed by atoms with van der Waals surface area (Å²) in [6, 6.07) is 5.57. The summed E-state index contributed by atoms with van der Waals surface area (Å²) in [7, 11) is 1.64. The Hall–Kier alpha value is -1.46. The van der Waals surface area contributed by atoms with E-state index in [-0.39, 0.29) is 5.91 Å². The maximum atomic E-state index is 11.8. The van der Waals surface area contributed by atoms with E-state index in [1.54, 1.807) is 13.1 Å². The number of carbonyl (C=O) groups is 1. The molecule has 0 spiro atoms. The van der Waals surface area contributed by atoms with Gasteiger partial charge in [-0.3, -0.25) is 9.79 Å². The van der Waals surface area contributed by atoms with Gasteiger partial charge in [0, 0.05) is 30.2 Å². The molecule has 3 N–H and O–H groups in total. The molecule has 0 radical (unpaired) electrons. The first kappa shape index (κ1) is 21.6. The summed E-state index contributed by atoms with van der Waals surface area (Å²) in [5.74, 6) is 0.686. The van der Waals surface area contributed by atoms with Gasteiger partial charge in [0.1, 0.15) is 0 Å². The highest BCUT2D eigenvalue weighted by Gasteiger charge is 2.26. The number of hydrogen-bond acceptors (Lipinski definition) is 2. The molecule has 0 aliphatic carbocycles. The Bertz CT molecular complexity index is 603. The van der Waals surface area contributed by atoms with Crippen molar-refractivity contribution >= 4 is 35.1 Å². The third-order valence-corrected chi connectivity index (χ3v) is 4.34. The van der Waals surface area contributed by atoms with Gasteiger partial charge in [0.05, 0.1) is 12.0 Å². The highest BCUT2D eigenvalue weighted by Crippen LogP contribution is 2.21. The first-order chi connectivity index (χ1) is 11.8. The van der Waals surface area contributed by atoms with Crippen LogP contribution in [0.3, 0.4) is 0 Å². The van der Waals surface area contributed by atoms with E-state index in [1.165, 1.54) is 0 Å². The van der Waals surface area contributed by atoms with E-state index in [9.17, 15) is 4.79 Å². The van der Waals surface area contributed by atoms with Crippen molar-refractivity contribution in [3.63, 3.8) is 0 Å². The predicted octanol–water partition coefficient (Wildman–Crippen LogP) is 3.25. The third-order valence-electron chi connectivity index (χ3n) is 3.75. The molecule has 0 aliphatic heterocycles. The summed E-state index contributed by atoms with van der Waals surface area (Å²) in [6.45, 7) is 7.68. The summed E-state index contributed by atoms with van der Waals surface area (Å²) < 4.78 is 0. The zero-order valence-corrected chi connectivity index (χ0v) is 16.9. The molecule has 0 fully saturated rings. The van der Waals surface area contributed by atoms with Crippen LogP contribution >= 0.6 is 23.2 Å². The van der Waals surface area contributed by atoms with Crippen LogP contribution in [0.15, 0.2) is 23.2 Å². The molecule has 7 heteroatoms. The molecule has 0 atom stereocenters. The molecule has 1 rings (SSSR count). The van der Waals surface area contributed by atoms with Crippen molar-refractivity contribution in [2.75, 3.05) is 26.7 Å². The van der Waals surface area contributed by atoms with Gasteiger partial charge >= 0.3 is 0 Å². The lowest BCUT2D eigenvalue weighted by atomic mass is 9.93. The minimum atomic E-state index is -0.548. The summed E-state index contributed by atoms with van der Waals surface area (Å²) in [5.41, 5.74) is 0.532.